The summed E-state index contributed by atoms with van der Waals surface area (Å²) in [5.74, 6) is 2.21. The number of nitrogens with two attached hydrogens (primary N) is 1. The molecule has 1 saturated carbocycles. The van der Waals surface area contributed by atoms with Gasteiger partial charge in [-0.15, -0.1) is 0 Å². The molecule has 3 nitrogen and oxygen atoms in total. The topological polar surface area (TPSA) is 48.1 Å². The SMILES string of the molecule is Cc1cnc(OC2CCC(C)C(C)C2)cc1N. The van der Waals surface area contributed by atoms with Crippen LogP contribution < -0.4 is 10.5 Å². The van der Waals surface area contributed by atoms with E-state index in [1.165, 1.54) is 6.42 Å². The molecular weight excluding hydrogens is 212 g/mol. The van der Waals surface area contributed by atoms with Gasteiger partial charge in [-0.05, 0) is 43.6 Å². The van der Waals surface area contributed by atoms with Crippen LogP contribution in [-0.4, -0.2) is 11.1 Å². The maximum absolute atomic E-state index is 5.92. The van der Waals surface area contributed by atoms with Crippen molar-refractivity contribution in [1.29, 1.82) is 0 Å². The third kappa shape index (κ3) is 2.90. The Labute approximate surface area is 103 Å². The van der Waals surface area contributed by atoms with Crippen LogP contribution in [0.25, 0.3) is 0 Å². The number of aryl methyl sites for hydroxylation is 1. The summed E-state index contributed by atoms with van der Waals surface area (Å²) in [7, 11) is 0. The molecule has 0 radical (unpaired) electrons. The van der Waals surface area contributed by atoms with E-state index in [-0.39, 0.29) is 0 Å². The molecule has 0 aliphatic heterocycles. The van der Waals surface area contributed by atoms with E-state index in [4.69, 9.17) is 10.5 Å². The predicted molar refractivity (Wildman–Crippen MR) is 70.0 cm³/mol. The van der Waals surface area contributed by atoms with E-state index in [0.29, 0.717) is 12.0 Å². The van der Waals surface area contributed by atoms with Gasteiger partial charge in [-0.25, -0.2) is 4.98 Å². The van der Waals surface area contributed by atoms with Gasteiger partial charge in [0.1, 0.15) is 6.10 Å². The van der Waals surface area contributed by atoms with Crippen molar-refractivity contribution in [3.63, 3.8) is 0 Å². The number of ether oxygens (including phenoxy) is 1. The van der Waals surface area contributed by atoms with Crippen molar-refractivity contribution in [2.24, 2.45) is 11.8 Å². The molecule has 1 fully saturated rings. The summed E-state index contributed by atoms with van der Waals surface area (Å²) in [5, 5.41) is 0. The summed E-state index contributed by atoms with van der Waals surface area (Å²) in [6, 6.07) is 1.83. The first kappa shape index (κ1) is 12.2. The molecule has 1 aromatic heterocycles. The second kappa shape index (κ2) is 4.94. The fraction of sp³-hybridized carbons (Fsp3) is 0.643. The Morgan fingerprint density at radius 1 is 1.29 bits per heavy atom. The first-order chi connectivity index (χ1) is 8.06. The fourth-order valence-electron chi connectivity index (χ4n) is 2.36. The lowest BCUT2D eigenvalue weighted by atomic mass is 9.80. The third-order valence-electron chi connectivity index (χ3n) is 3.96. The van der Waals surface area contributed by atoms with E-state index in [1.807, 2.05) is 13.0 Å². The Morgan fingerprint density at radius 3 is 2.71 bits per heavy atom. The number of pyridine rings is 1. The summed E-state index contributed by atoms with van der Waals surface area (Å²) in [6.45, 7) is 6.58. The maximum Gasteiger partial charge on any atom is 0.215 e. The van der Waals surface area contributed by atoms with Crippen LogP contribution in [0, 0.1) is 18.8 Å². The Bertz CT molecular complexity index is 392. The van der Waals surface area contributed by atoms with Gasteiger partial charge in [-0.1, -0.05) is 13.8 Å². The first-order valence-electron chi connectivity index (χ1n) is 6.45. The van der Waals surface area contributed by atoms with Gasteiger partial charge in [0.05, 0.1) is 0 Å². The Balaban J connectivity index is 1.99. The maximum atomic E-state index is 5.92. The lowest BCUT2D eigenvalue weighted by Crippen LogP contribution is -2.29. The summed E-state index contributed by atoms with van der Waals surface area (Å²) in [4.78, 5) is 4.28. The number of hydrogen-bond donors (Lipinski definition) is 1. The molecule has 3 heteroatoms. The van der Waals surface area contributed by atoms with Gasteiger partial charge < -0.3 is 10.5 Å². The minimum Gasteiger partial charge on any atom is -0.474 e. The minimum atomic E-state index is 0.302. The molecule has 2 N–H and O–H groups in total. The van der Waals surface area contributed by atoms with Gasteiger partial charge in [0.2, 0.25) is 5.88 Å². The molecular formula is C14H22N2O. The quantitative estimate of drug-likeness (QED) is 0.855. The monoisotopic (exact) mass is 234 g/mol. The highest BCUT2D eigenvalue weighted by molar-refractivity contribution is 5.47. The van der Waals surface area contributed by atoms with Crippen LogP contribution in [-0.2, 0) is 0 Å². The standard InChI is InChI=1S/C14H22N2O/c1-9-4-5-12(6-10(9)2)17-14-7-13(15)11(3)8-16-14/h7-10,12H,4-6H2,1-3H3,(H2,15,16). The summed E-state index contributed by atoms with van der Waals surface area (Å²) >= 11 is 0. The van der Waals surface area contributed by atoms with E-state index < -0.39 is 0 Å². The molecule has 3 atom stereocenters. The van der Waals surface area contributed by atoms with Crippen molar-refractivity contribution in [2.75, 3.05) is 5.73 Å². The van der Waals surface area contributed by atoms with Crippen LogP contribution in [0.2, 0.25) is 0 Å². The number of aromatic nitrogens is 1. The van der Waals surface area contributed by atoms with Gasteiger partial charge in [0.25, 0.3) is 0 Å². The van der Waals surface area contributed by atoms with Gasteiger partial charge in [0.15, 0.2) is 0 Å². The molecule has 2 rings (SSSR count). The normalized spacial score (nSPS) is 29.0. The van der Waals surface area contributed by atoms with Crippen molar-refractivity contribution < 1.29 is 4.74 Å². The molecule has 1 aliphatic carbocycles. The van der Waals surface area contributed by atoms with Crippen LogP contribution in [0.5, 0.6) is 5.88 Å². The van der Waals surface area contributed by atoms with Crippen molar-refractivity contribution in [1.82, 2.24) is 4.98 Å². The molecule has 1 aliphatic rings. The molecule has 0 aromatic carbocycles. The van der Waals surface area contributed by atoms with Crippen LogP contribution in [0.3, 0.4) is 0 Å². The molecule has 17 heavy (non-hydrogen) atoms. The second-order valence-electron chi connectivity index (χ2n) is 5.39. The van der Waals surface area contributed by atoms with Gasteiger partial charge in [0, 0.05) is 18.0 Å². The van der Waals surface area contributed by atoms with Gasteiger partial charge in [-0.2, -0.15) is 0 Å². The molecule has 0 saturated heterocycles. The largest absolute Gasteiger partial charge is 0.474 e. The van der Waals surface area contributed by atoms with Crippen molar-refractivity contribution in [2.45, 2.75) is 46.1 Å². The molecule has 3 unspecified atom stereocenters. The van der Waals surface area contributed by atoms with Crippen LogP contribution in [0.1, 0.15) is 38.7 Å². The third-order valence-corrected chi connectivity index (χ3v) is 3.96. The number of nitrogen functional groups attached to an aromatic ring is 1. The molecule has 94 valence electrons. The number of nitrogens with zero attached hydrogens (tertiary/aromatic N) is 1. The summed E-state index contributed by atoms with van der Waals surface area (Å²) in [6.07, 6.45) is 5.57. The minimum absolute atomic E-state index is 0.302. The van der Waals surface area contributed by atoms with Gasteiger partial charge >= 0.3 is 0 Å². The van der Waals surface area contributed by atoms with E-state index in [0.717, 1.165) is 35.9 Å². The number of rotatable bonds is 2. The molecule has 1 heterocycles. The Kier molecular flexibility index (Phi) is 3.55. The number of anilines is 1. The molecule has 0 spiro atoms. The van der Waals surface area contributed by atoms with Crippen molar-refractivity contribution >= 4 is 5.69 Å². The average molecular weight is 234 g/mol. The fourth-order valence-corrected chi connectivity index (χ4v) is 2.36. The Hall–Kier alpha value is -1.25. The highest BCUT2D eigenvalue weighted by atomic mass is 16.5. The van der Waals surface area contributed by atoms with Crippen LogP contribution in [0.15, 0.2) is 12.3 Å². The predicted octanol–water partition coefficient (Wildman–Crippen LogP) is 3.18. The summed E-state index contributed by atoms with van der Waals surface area (Å²) in [5.41, 5.74) is 7.61. The first-order valence-corrected chi connectivity index (χ1v) is 6.45. The lowest BCUT2D eigenvalue weighted by Gasteiger charge is -2.31. The number of hydrogen-bond acceptors (Lipinski definition) is 3. The van der Waals surface area contributed by atoms with E-state index in [2.05, 4.69) is 18.8 Å². The van der Waals surface area contributed by atoms with Crippen molar-refractivity contribution in [3.05, 3.63) is 17.8 Å². The van der Waals surface area contributed by atoms with Crippen LogP contribution in [0.4, 0.5) is 5.69 Å². The Morgan fingerprint density at radius 2 is 2.06 bits per heavy atom. The van der Waals surface area contributed by atoms with E-state index >= 15 is 0 Å². The molecule has 0 amide bonds. The smallest absolute Gasteiger partial charge is 0.215 e. The highest BCUT2D eigenvalue weighted by Gasteiger charge is 2.25. The second-order valence-corrected chi connectivity index (χ2v) is 5.39. The van der Waals surface area contributed by atoms with Crippen LogP contribution >= 0.6 is 0 Å². The molecule has 0 bridgehead atoms. The zero-order valence-electron chi connectivity index (χ0n) is 10.9. The zero-order chi connectivity index (χ0) is 12.4. The van der Waals surface area contributed by atoms with E-state index in [9.17, 15) is 0 Å². The summed E-state index contributed by atoms with van der Waals surface area (Å²) < 4.78 is 5.92. The van der Waals surface area contributed by atoms with Crippen molar-refractivity contribution in [3.8, 4) is 5.88 Å². The average Bonchev–Trinajstić information content (AvgIpc) is 2.29. The zero-order valence-corrected chi connectivity index (χ0v) is 10.9. The van der Waals surface area contributed by atoms with Gasteiger partial charge in [-0.3, -0.25) is 0 Å². The molecule has 1 aromatic rings. The lowest BCUT2D eigenvalue weighted by molar-refractivity contribution is 0.0965. The van der Waals surface area contributed by atoms with E-state index in [1.54, 1.807) is 6.20 Å². The highest BCUT2D eigenvalue weighted by Crippen LogP contribution is 2.31.